The number of nitrogens with zero attached hydrogens (tertiary/aromatic N) is 4. The molecule has 38 heavy (non-hydrogen) atoms. The van der Waals surface area contributed by atoms with Gasteiger partial charge in [-0.25, -0.2) is 0 Å². The van der Waals surface area contributed by atoms with Gasteiger partial charge in [-0.1, -0.05) is 54.1 Å². The van der Waals surface area contributed by atoms with Gasteiger partial charge < -0.3 is 21.3 Å². The van der Waals surface area contributed by atoms with Gasteiger partial charge in [-0.05, 0) is 62.2 Å². The summed E-state index contributed by atoms with van der Waals surface area (Å²) in [7, 11) is 0. The van der Waals surface area contributed by atoms with Crippen molar-refractivity contribution in [3.05, 3.63) is 95.1 Å². The Morgan fingerprint density at radius 2 is 1.37 bits per heavy atom. The highest BCUT2D eigenvalue weighted by Gasteiger charge is 2.12. The molecule has 0 saturated heterocycles. The standard InChI is InChI=1S/C29H29ClN8/c1-18-8-4-6-10-24(18)34-28-36-27(37-29(38-28)35-25-11-7-5-9-19(25)2)33-20(3)16-31-23-14-21-12-13-22(30)15-26(21)32-17-23/h4-15,17,20,31H,16H2,1-3H3,(H3,33,34,35,36,37,38). The van der Waals surface area contributed by atoms with E-state index < -0.39 is 0 Å². The average molecular weight is 525 g/mol. The number of pyridine rings is 1. The number of hydrogen-bond acceptors (Lipinski definition) is 8. The van der Waals surface area contributed by atoms with Crippen LogP contribution in [0.4, 0.5) is 34.9 Å². The Bertz CT molecular complexity index is 1510. The van der Waals surface area contributed by atoms with Gasteiger partial charge in [-0.2, -0.15) is 15.0 Å². The van der Waals surface area contributed by atoms with Crippen LogP contribution in [0.1, 0.15) is 18.1 Å². The largest absolute Gasteiger partial charge is 0.382 e. The molecule has 0 aliphatic heterocycles. The Labute approximate surface area is 226 Å². The summed E-state index contributed by atoms with van der Waals surface area (Å²) in [6, 6.07) is 23.8. The number of para-hydroxylation sites is 2. The van der Waals surface area contributed by atoms with Gasteiger partial charge in [-0.15, -0.1) is 0 Å². The minimum atomic E-state index is 0.0101. The predicted molar refractivity (Wildman–Crippen MR) is 157 cm³/mol. The first-order valence-electron chi connectivity index (χ1n) is 12.4. The van der Waals surface area contributed by atoms with Crippen LogP contribution in [0, 0.1) is 13.8 Å². The van der Waals surface area contributed by atoms with Gasteiger partial charge >= 0.3 is 0 Å². The summed E-state index contributed by atoms with van der Waals surface area (Å²) >= 11 is 6.08. The minimum absolute atomic E-state index is 0.0101. The third-order valence-electron chi connectivity index (χ3n) is 6.05. The van der Waals surface area contributed by atoms with Crippen molar-refractivity contribution in [1.29, 1.82) is 0 Å². The fourth-order valence-corrected chi connectivity index (χ4v) is 4.12. The van der Waals surface area contributed by atoms with Crippen LogP contribution in [0.15, 0.2) is 79.0 Å². The number of rotatable bonds is 9. The SMILES string of the molecule is Cc1ccccc1Nc1nc(Nc2ccccc2C)nc(NC(C)CNc2cnc3cc(Cl)ccc3c2)n1. The van der Waals surface area contributed by atoms with Crippen molar-refractivity contribution in [3.63, 3.8) is 0 Å². The molecular formula is C29H29ClN8. The van der Waals surface area contributed by atoms with Gasteiger partial charge in [0.1, 0.15) is 0 Å². The van der Waals surface area contributed by atoms with Gasteiger partial charge in [-0.3, -0.25) is 4.98 Å². The molecule has 0 amide bonds. The molecule has 0 bridgehead atoms. The van der Waals surface area contributed by atoms with E-state index in [1.807, 2.05) is 86.8 Å². The Morgan fingerprint density at radius 1 is 0.763 bits per heavy atom. The highest BCUT2D eigenvalue weighted by atomic mass is 35.5. The van der Waals surface area contributed by atoms with Crippen molar-refractivity contribution in [2.45, 2.75) is 26.8 Å². The number of anilines is 6. The quantitative estimate of drug-likeness (QED) is 0.162. The van der Waals surface area contributed by atoms with E-state index in [1.54, 1.807) is 0 Å². The molecule has 2 heterocycles. The molecule has 5 aromatic rings. The summed E-state index contributed by atoms with van der Waals surface area (Å²) in [5, 5.41) is 15.2. The first-order valence-corrected chi connectivity index (χ1v) is 12.8. The second kappa shape index (κ2) is 11.3. The zero-order valence-electron chi connectivity index (χ0n) is 21.5. The van der Waals surface area contributed by atoms with Crippen molar-refractivity contribution in [2.75, 3.05) is 27.8 Å². The van der Waals surface area contributed by atoms with Gasteiger partial charge in [0.05, 0.1) is 17.4 Å². The fraction of sp³-hybridized carbons (Fsp3) is 0.172. The van der Waals surface area contributed by atoms with Crippen LogP contribution >= 0.6 is 11.6 Å². The maximum absolute atomic E-state index is 6.08. The van der Waals surface area contributed by atoms with E-state index in [2.05, 4.69) is 54.2 Å². The summed E-state index contributed by atoms with van der Waals surface area (Å²) in [5.74, 6) is 1.36. The van der Waals surface area contributed by atoms with Crippen LogP contribution in [-0.4, -0.2) is 32.5 Å². The Hall–Kier alpha value is -4.43. The lowest BCUT2D eigenvalue weighted by atomic mass is 10.2. The number of nitrogens with one attached hydrogen (secondary N) is 4. The lowest BCUT2D eigenvalue weighted by Gasteiger charge is -2.17. The zero-order chi connectivity index (χ0) is 26.5. The minimum Gasteiger partial charge on any atom is -0.382 e. The van der Waals surface area contributed by atoms with E-state index in [1.165, 1.54) is 0 Å². The van der Waals surface area contributed by atoms with E-state index in [9.17, 15) is 0 Å². The molecule has 0 aliphatic rings. The average Bonchev–Trinajstić information content (AvgIpc) is 2.90. The molecule has 1 unspecified atom stereocenters. The van der Waals surface area contributed by atoms with Gasteiger partial charge in [0, 0.05) is 34.4 Å². The molecule has 5 rings (SSSR count). The lowest BCUT2D eigenvalue weighted by Crippen LogP contribution is -2.26. The lowest BCUT2D eigenvalue weighted by molar-refractivity contribution is 0.816. The monoisotopic (exact) mass is 524 g/mol. The predicted octanol–water partition coefficient (Wildman–Crippen LogP) is 7.09. The van der Waals surface area contributed by atoms with E-state index >= 15 is 0 Å². The summed E-state index contributed by atoms with van der Waals surface area (Å²) in [6.07, 6.45) is 1.81. The molecule has 0 spiro atoms. The number of hydrogen-bond donors (Lipinski definition) is 4. The van der Waals surface area contributed by atoms with Gasteiger partial charge in [0.25, 0.3) is 0 Å². The fourth-order valence-electron chi connectivity index (χ4n) is 3.95. The molecule has 2 aromatic heterocycles. The van der Waals surface area contributed by atoms with Crippen LogP contribution in [0.5, 0.6) is 0 Å². The number of aromatic nitrogens is 4. The topological polar surface area (TPSA) is 99.7 Å². The summed E-state index contributed by atoms with van der Waals surface area (Å²) in [5.41, 5.74) is 5.85. The Morgan fingerprint density at radius 3 is 2.00 bits per heavy atom. The second-order valence-electron chi connectivity index (χ2n) is 9.17. The van der Waals surface area contributed by atoms with Gasteiger partial charge in [0.2, 0.25) is 17.8 Å². The Balaban J connectivity index is 1.33. The maximum Gasteiger partial charge on any atom is 0.233 e. The van der Waals surface area contributed by atoms with E-state index in [0.29, 0.717) is 29.4 Å². The number of fused-ring (bicyclic) bond motifs is 1. The van der Waals surface area contributed by atoms with E-state index in [0.717, 1.165) is 39.1 Å². The highest BCUT2D eigenvalue weighted by Crippen LogP contribution is 2.23. The van der Waals surface area contributed by atoms with E-state index in [4.69, 9.17) is 11.6 Å². The first-order chi connectivity index (χ1) is 18.4. The molecule has 192 valence electrons. The second-order valence-corrected chi connectivity index (χ2v) is 9.61. The summed E-state index contributed by atoms with van der Waals surface area (Å²) < 4.78 is 0. The molecule has 0 saturated carbocycles. The highest BCUT2D eigenvalue weighted by molar-refractivity contribution is 6.31. The molecular weight excluding hydrogens is 496 g/mol. The van der Waals surface area contributed by atoms with Gasteiger partial charge in [0.15, 0.2) is 0 Å². The van der Waals surface area contributed by atoms with Crippen LogP contribution in [0.2, 0.25) is 5.02 Å². The zero-order valence-corrected chi connectivity index (χ0v) is 22.2. The van der Waals surface area contributed by atoms with E-state index in [-0.39, 0.29) is 6.04 Å². The molecule has 9 heteroatoms. The molecule has 1 atom stereocenters. The molecule has 8 nitrogen and oxygen atoms in total. The van der Waals surface area contributed by atoms with Crippen molar-refractivity contribution in [1.82, 2.24) is 19.9 Å². The van der Waals surface area contributed by atoms with Crippen LogP contribution in [0.25, 0.3) is 10.9 Å². The first kappa shape index (κ1) is 25.2. The molecule has 0 radical (unpaired) electrons. The third-order valence-corrected chi connectivity index (χ3v) is 6.29. The summed E-state index contributed by atoms with van der Waals surface area (Å²) in [6.45, 7) is 6.78. The smallest absolute Gasteiger partial charge is 0.233 e. The normalized spacial score (nSPS) is 11.7. The third kappa shape index (κ3) is 6.27. The number of benzene rings is 3. The number of aryl methyl sites for hydroxylation is 2. The van der Waals surface area contributed by atoms with Crippen LogP contribution < -0.4 is 21.3 Å². The van der Waals surface area contributed by atoms with Crippen molar-refractivity contribution in [3.8, 4) is 0 Å². The van der Waals surface area contributed by atoms with Crippen molar-refractivity contribution >= 4 is 57.4 Å². The van der Waals surface area contributed by atoms with Crippen molar-refractivity contribution < 1.29 is 0 Å². The van der Waals surface area contributed by atoms with Crippen LogP contribution in [-0.2, 0) is 0 Å². The van der Waals surface area contributed by atoms with Crippen molar-refractivity contribution in [2.24, 2.45) is 0 Å². The Kier molecular flexibility index (Phi) is 7.51. The number of halogens is 1. The molecule has 0 aliphatic carbocycles. The summed E-state index contributed by atoms with van der Waals surface area (Å²) in [4.78, 5) is 18.4. The molecule has 0 fully saturated rings. The maximum atomic E-state index is 6.08. The molecule has 3 aromatic carbocycles. The van der Waals surface area contributed by atoms with Crippen LogP contribution in [0.3, 0.4) is 0 Å². The molecule has 4 N–H and O–H groups in total.